The van der Waals surface area contributed by atoms with Crippen LogP contribution in [0.5, 0.6) is 0 Å². The lowest BCUT2D eigenvalue weighted by molar-refractivity contribution is 0.322. The molecule has 0 spiro atoms. The summed E-state index contributed by atoms with van der Waals surface area (Å²) in [5.74, 6) is 5.80. The van der Waals surface area contributed by atoms with Crippen molar-refractivity contribution in [1.82, 2.24) is 0 Å². The first-order valence-electron chi connectivity index (χ1n) is 4.64. The standard InChI is InChI=1S/C11H10N4O/c12-15-13-8-4-3-6-10-5-1-2-7-11(10)9-14-16/h1-2,5,7,9,16H,4,8H2. The van der Waals surface area contributed by atoms with Crippen molar-refractivity contribution in [1.29, 1.82) is 0 Å². The quantitative estimate of drug-likeness (QED) is 0.120. The van der Waals surface area contributed by atoms with Crippen molar-refractivity contribution in [3.63, 3.8) is 0 Å². The average Bonchev–Trinajstić information content (AvgIpc) is 2.31. The van der Waals surface area contributed by atoms with E-state index in [1.165, 1.54) is 6.21 Å². The molecule has 0 amide bonds. The van der Waals surface area contributed by atoms with E-state index >= 15 is 0 Å². The Hall–Kier alpha value is -2.44. The summed E-state index contributed by atoms with van der Waals surface area (Å²) >= 11 is 0. The Balaban J connectivity index is 2.75. The van der Waals surface area contributed by atoms with Gasteiger partial charge in [0.1, 0.15) is 0 Å². The second-order valence-electron chi connectivity index (χ2n) is 2.84. The molecule has 1 aromatic rings. The van der Waals surface area contributed by atoms with Crippen LogP contribution in [-0.2, 0) is 0 Å². The van der Waals surface area contributed by atoms with Crippen molar-refractivity contribution in [2.75, 3.05) is 6.54 Å². The van der Waals surface area contributed by atoms with Gasteiger partial charge < -0.3 is 5.21 Å². The van der Waals surface area contributed by atoms with Gasteiger partial charge >= 0.3 is 0 Å². The maximum Gasteiger partial charge on any atom is 0.0746 e. The van der Waals surface area contributed by atoms with Gasteiger partial charge in [-0.05, 0) is 11.6 Å². The molecular formula is C11H10N4O. The van der Waals surface area contributed by atoms with Crippen LogP contribution >= 0.6 is 0 Å². The Morgan fingerprint density at radius 2 is 2.25 bits per heavy atom. The highest BCUT2D eigenvalue weighted by Crippen LogP contribution is 2.04. The third-order valence-corrected chi connectivity index (χ3v) is 1.78. The van der Waals surface area contributed by atoms with Crippen molar-refractivity contribution >= 4 is 6.21 Å². The molecule has 0 saturated heterocycles. The van der Waals surface area contributed by atoms with E-state index in [4.69, 9.17) is 10.7 Å². The summed E-state index contributed by atoms with van der Waals surface area (Å²) in [5, 5.41) is 14.8. The zero-order chi connectivity index (χ0) is 11.6. The molecule has 0 bridgehead atoms. The third kappa shape index (κ3) is 3.74. The van der Waals surface area contributed by atoms with Crippen molar-refractivity contribution in [2.45, 2.75) is 6.42 Å². The monoisotopic (exact) mass is 214 g/mol. The fourth-order valence-electron chi connectivity index (χ4n) is 1.09. The van der Waals surface area contributed by atoms with Gasteiger partial charge in [0, 0.05) is 29.0 Å². The van der Waals surface area contributed by atoms with Gasteiger partial charge in [0.25, 0.3) is 0 Å². The fourth-order valence-corrected chi connectivity index (χ4v) is 1.09. The maximum absolute atomic E-state index is 8.45. The molecule has 1 N–H and O–H groups in total. The number of hydrogen-bond acceptors (Lipinski definition) is 3. The van der Waals surface area contributed by atoms with Gasteiger partial charge in [-0.1, -0.05) is 40.3 Å². The summed E-state index contributed by atoms with van der Waals surface area (Å²) in [6, 6.07) is 7.32. The molecule has 0 heterocycles. The highest BCUT2D eigenvalue weighted by molar-refractivity contribution is 5.82. The first kappa shape index (κ1) is 11.6. The van der Waals surface area contributed by atoms with Crippen LogP contribution in [0.2, 0.25) is 0 Å². The summed E-state index contributed by atoms with van der Waals surface area (Å²) in [7, 11) is 0. The second kappa shape index (κ2) is 6.93. The van der Waals surface area contributed by atoms with Gasteiger partial charge in [-0.2, -0.15) is 0 Å². The summed E-state index contributed by atoms with van der Waals surface area (Å²) in [6.07, 6.45) is 1.84. The van der Waals surface area contributed by atoms with Gasteiger partial charge in [-0.3, -0.25) is 0 Å². The van der Waals surface area contributed by atoms with Crippen LogP contribution < -0.4 is 0 Å². The molecule has 0 aromatic heterocycles. The first-order valence-corrected chi connectivity index (χ1v) is 4.64. The van der Waals surface area contributed by atoms with Crippen LogP contribution in [0.25, 0.3) is 10.4 Å². The number of azide groups is 1. The van der Waals surface area contributed by atoms with Gasteiger partial charge in [0.15, 0.2) is 0 Å². The molecule has 1 aromatic carbocycles. The van der Waals surface area contributed by atoms with Crippen molar-refractivity contribution in [2.24, 2.45) is 10.3 Å². The molecule has 0 aliphatic heterocycles. The topological polar surface area (TPSA) is 81.4 Å². The molecule has 5 heteroatoms. The number of hydrogen-bond donors (Lipinski definition) is 1. The highest BCUT2D eigenvalue weighted by atomic mass is 16.4. The van der Waals surface area contributed by atoms with Crippen molar-refractivity contribution in [3.8, 4) is 11.8 Å². The van der Waals surface area contributed by atoms with E-state index in [9.17, 15) is 0 Å². The lowest BCUT2D eigenvalue weighted by Gasteiger charge is -1.95. The van der Waals surface area contributed by atoms with Gasteiger partial charge in [0.05, 0.1) is 6.21 Å². The number of benzene rings is 1. The minimum Gasteiger partial charge on any atom is -0.411 e. The van der Waals surface area contributed by atoms with Crippen LogP contribution in [0.3, 0.4) is 0 Å². The molecule has 1 rings (SSSR count). The lowest BCUT2D eigenvalue weighted by atomic mass is 10.1. The fraction of sp³-hybridized carbons (Fsp3) is 0.182. The Morgan fingerprint density at radius 1 is 1.44 bits per heavy atom. The van der Waals surface area contributed by atoms with Crippen LogP contribution in [-0.4, -0.2) is 18.0 Å². The van der Waals surface area contributed by atoms with Gasteiger partial charge in [-0.15, -0.1) is 0 Å². The zero-order valence-electron chi connectivity index (χ0n) is 8.54. The molecule has 0 aliphatic rings. The van der Waals surface area contributed by atoms with E-state index < -0.39 is 0 Å². The molecule has 0 atom stereocenters. The number of oxime groups is 1. The van der Waals surface area contributed by atoms with Gasteiger partial charge in [0.2, 0.25) is 0 Å². The highest BCUT2D eigenvalue weighted by Gasteiger charge is 1.94. The van der Waals surface area contributed by atoms with Crippen LogP contribution in [0.15, 0.2) is 34.5 Å². The molecule has 16 heavy (non-hydrogen) atoms. The van der Waals surface area contributed by atoms with E-state index in [1.807, 2.05) is 18.2 Å². The second-order valence-corrected chi connectivity index (χ2v) is 2.84. The summed E-state index contributed by atoms with van der Waals surface area (Å²) in [4.78, 5) is 2.63. The van der Waals surface area contributed by atoms with Crippen molar-refractivity contribution in [3.05, 3.63) is 45.8 Å². The minimum atomic E-state index is 0.361. The van der Waals surface area contributed by atoms with E-state index in [0.29, 0.717) is 13.0 Å². The predicted molar refractivity (Wildman–Crippen MR) is 61.3 cm³/mol. The maximum atomic E-state index is 8.45. The molecule has 0 aliphatic carbocycles. The van der Waals surface area contributed by atoms with Crippen LogP contribution in [0.4, 0.5) is 0 Å². The van der Waals surface area contributed by atoms with Crippen LogP contribution in [0, 0.1) is 11.8 Å². The Bertz CT molecular complexity index is 478. The van der Waals surface area contributed by atoms with E-state index in [-0.39, 0.29) is 0 Å². The first-order chi connectivity index (χ1) is 7.88. The molecule has 5 nitrogen and oxygen atoms in total. The summed E-state index contributed by atoms with van der Waals surface area (Å²) < 4.78 is 0. The smallest absolute Gasteiger partial charge is 0.0746 e. The van der Waals surface area contributed by atoms with Crippen molar-refractivity contribution < 1.29 is 5.21 Å². The largest absolute Gasteiger partial charge is 0.411 e. The summed E-state index contributed by atoms with van der Waals surface area (Å²) in [5.41, 5.74) is 9.59. The lowest BCUT2D eigenvalue weighted by Crippen LogP contribution is -1.87. The predicted octanol–water partition coefficient (Wildman–Crippen LogP) is 2.55. The van der Waals surface area contributed by atoms with E-state index in [0.717, 1.165) is 11.1 Å². The molecule has 0 fully saturated rings. The van der Waals surface area contributed by atoms with E-state index in [2.05, 4.69) is 27.0 Å². The van der Waals surface area contributed by atoms with Crippen LogP contribution in [0.1, 0.15) is 17.5 Å². The average molecular weight is 214 g/mol. The molecule has 0 radical (unpaired) electrons. The molecule has 0 unspecified atom stereocenters. The number of rotatable bonds is 3. The Kier molecular flexibility index (Phi) is 5.04. The summed E-state index contributed by atoms with van der Waals surface area (Å²) in [6.45, 7) is 0.361. The Morgan fingerprint density at radius 3 is 3.00 bits per heavy atom. The zero-order valence-corrected chi connectivity index (χ0v) is 8.54. The number of nitrogens with zero attached hydrogens (tertiary/aromatic N) is 4. The Labute approximate surface area is 93.0 Å². The third-order valence-electron chi connectivity index (χ3n) is 1.78. The minimum absolute atomic E-state index is 0.361. The molecule has 80 valence electrons. The SMILES string of the molecule is [N-]=[N+]=NCCC#Cc1ccccc1C=NO. The van der Waals surface area contributed by atoms with Gasteiger partial charge in [-0.25, -0.2) is 0 Å². The molecule has 0 saturated carbocycles. The molecular weight excluding hydrogens is 204 g/mol. The normalized spacial score (nSPS) is 9.25. The van der Waals surface area contributed by atoms with E-state index in [1.54, 1.807) is 6.07 Å².